The molecule has 148 valence electrons. The Morgan fingerprint density at radius 2 is 1.82 bits per heavy atom. The first-order chi connectivity index (χ1) is 13.3. The summed E-state index contributed by atoms with van der Waals surface area (Å²) in [7, 11) is 1.32. The van der Waals surface area contributed by atoms with Gasteiger partial charge < -0.3 is 9.64 Å². The smallest absolute Gasteiger partial charge is 0.416 e. The Morgan fingerprint density at radius 1 is 1.11 bits per heavy atom. The van der Waals surface area contributed by atoms with Crippen molar-refractivity contribution in [3.63, 3.8) is 0 Å². The summed E-state index contributed by atoms with van der Waals surface area (Å²) >= 11 is 0. The number of esters is 1. The number of halogens is 3. The number of benzene rings is 2. The second-order valence-corrected chi connectivity index (χ2v) is 6.88. The molecule has 0 aromatic heterocycles. The highest BCUT2D eigenvalue weighted by atomic mass is 19.4. The van der Waals surface area contributed by atoms with E-state index < -0.39 is 23.6 Å². The lowest BCUT2D eigenvalue weighted by Gasteiger charge is -2.18. The van der Waals surface area contributed by atoms with Crippen LogP contribution in [0.15, 0.2) is 48.5 Å². The van der Waals surface area contributed by atoms with Crippen molar-refractivity contribution in [3.05, 3.63) is 70.8 Å². The number of hydrogen-bond acceptors (Lipinski definition) is 3. The molecule has 1 aliphatic heterocycles. The summed E-state index contributed by atoms with van der Waals surface area (Å²) in [5.74, 6) is -0.617. The van der Waals surface area contributed by atoms with E-state index in [-0.39, 0.29) is 11.5 Å². The summed E-state index contributed by atoms with van der Waals surface area (Å²) in [5, 5.41) is 0. The number of carbonyl (C=O) groups is 2. The number of rotatable bonds is 4. The first kappa shape index (κ1) is 19.9. The van der Waals surface area contributed by atoms with E-state index in [0.29, 0.717) is 25.1 Å². The fourth-order valence-electron chi connectivity index (χ4n) is 3.47. The molecule has 0 N–H and O–H groups in total. The zero-order valence-electron chi connectivity index (χ0n) is 15.3. The number of nitrogens with zero attached hydrogens (tertiary/aromatic N) is 1. The maximum absolute atomic E-state index is 12.9. The predicted octanol–water partition coefficient (Wildman–Crippen LogP) is 4.20. The number of alkyl halides is 3. The van der Waals surface area contributed by atoms with Crippen LogP contribution < -0.4 is 0 Å². The van der Waals surface area contributed by atoms with Gasteiger partial charge in [-0.1, -0.05) is 18.2 Å². The maximum Gasteiger partial charge on any atom is 0.416 e. The Labute approximate surface area is 160 Å². The highest BCUT2D eigenvalue weighted by Gasteiger charge is 2.32. The number of carbonyl (C=O) groups excluding carboxylic acids is 2. The molecule has 1 atom stereocenters. The van der Waals surface area contributed by atoms with Crippen molar-refractivity contribution in [3.8, 4) is 0 Å². The van der Waals surface area contributed by atoms with E-state index in [1.54, 1.807) is 23.1 Å². The molecule has 1 amide bonds. The van der Waals surface area contributed by atoms with Gasteiger partial charge in [0.25, 0.3) is 5.91 Å². The maximum atomic E-state index is 12.9. The van der Waals surface area contributed by atoms with Gasteiger partial charge in [-0.15, -0.1) is 0 Å². The minimum absolute atomic E-state index is 0.0446. The molecule has 7 heteroatoms. The first-order valence-electron chi connectivity index (χ1n) is 8.91. The monoisotopic (exact) mass is 391 g/mol. The van der Waals surface area contributed by atoms with Gasteiger partial charge >= 0.3 is 12.1 Å². The van der Waals surface area contributed by atoms with Crippen LogP contribution in [-0.4, -0.2) is 37.0 Å². The Hall–Kier alpha value is -2.83. The Morgan fingerprint density at radius 3 is 2.54 bits per heavy atom. The number of hydrogen-bond donors (Lipinski definition) is 0. The predicted molar refractivity (Wildman–Crippen MR) is 96.9 cm³/mol. The van der Waals surface area contributed by atoms with Crippen LogP contribution in [0.5, 0.6) is 0 Å². The summed E-state index contributed by atoms with van der Waals surface area (Å²) in [6.45, 7) is 0.966. The fraction of sp³-hybridized carbons (Fsp3) is 0.333. The van der Waals surface area contributed by atoms with Crippen molar-refractivity contribution < 1.29 is 27.5 Å². The summed E-state index contributed by atoms with van der Waals surface area (Å²) in [5.41, 5.74) is 0.646. The largest absolute Gasteiger partial charge is 0.465 e. The van der Waals surface area contributed by atoms with Crippen molar-refractivity contribution in [1.82, 2.24) is 4.90 Å². The normalized spacial score (nSPS) is 16.9. The van der Waals surface area contributed by atoms with Gasteiger partial charge in [0.15, 0.2) is 0 Å². The van der Waals surface area contributed by atoms with Crippen molar-refractivity contribution in [1.29, 1.82) is 0 Å². The second-order valence-electron chi connectivity index (χ2n) is 6.88. The van der Waals surface area contributed by atoms with Crippen LogP contribution in [0.2, 0.25) is 0 Å². The van der Waals surface area contributed by atoms with Gasteiger partial charge in [0.1, 0.15) is 0 Å². The van der Waals surface area contributed by atoms with E-state index in [1.165, 1.54) is 19.2 Å². The van der Waals surface area contributed by atoms with E-state index in [0.717, 1.165) is 24.1 Å². The lowest BCUT2D eigenvalue weighted by Crippen LogP contribution is -2.29. The van der Waals surface area contributed by atoms with Crippen molar-refractivity contribution in [2.24, 2.45) is 5.92 Å². The highest BCUT2D eigenvalue weighted by Crippen LogP contribution is 2.30. The Balaban J connectivity index is 1.66. The standard InChI is InChI=1S/C21H20F3NO3/c1-28-20(27)17-6-2-4-14(11-17)10-15-8-9-25(13-15)19(26)16-5-3-7-18(12-16)21(22,23)24/h2-7,11-12,15H,8-10,13H2,1H3. The van der Waals surface area contributed by atoms with Gasteiger partial charge in [-0.25, -0.2) is 4.79 Å². The topological polar surface area (TPSA) is 46.6 Å². The van der Waals surface area contributed by atoms with Gasteiger partial charge in [-0.2, -0.15) is 13.2 Å². The molecule has 0 bridgehead atoms. The van der Waals surface area contributed by atoms with Crippen LogP contribution >= 0.6 is 0 Å². The molecule has 28 heavy (non-hydrogen) atoms. The van der Waals surface area contributed by atoms with Crippen LogP contribution in [0.1, 0.15) is 38.3 Å². The Bertz CT molecular complexity index is 879. The van der Waals surface area contributed by atoms with Crippen molar-refractivity contribution in [2.45, 2.75) is 19.0 Å². The number of methoxy groups -OCH3 is 1. The minimum Gasteiger partial charge on any atom is -0.465 e. The van der Waals surface area contributed by atoms with Crippen molar-refractivity contribution in [2.75, 3.05) is 20.2 Å². The van der Waals surface area contributed by atoms with Crippen LogP contribution in [0, 0.1) is 5.92 Å². The zero-order chi connectivity index (χ0) is 20.3. The van der Waals surface area contributed by atoms with Gasteiger partial charge in [0.05, 0.1) is 18.2 Å². The molecule has 1 aliphatic rings. The van der Waals surface area contributed by atoms with E-state index in [2.05, 4.69) is 0 Å². The first-order valence-corrected chi connectivity index (χ1v) is 8.91. The molecule has 1 fully saturated rings. The molecule has 1 saturated heterocycles. The molecular weight excluding hydrogens is 371 g/mol. The lowest BCUT2D eigenvalue weighted by molar-refractivity contribution is -0.137. The van der Waals surface area contributed by atoms with Crippen molar-refractivity contribution >= 4 is 11.9 Å². The third kappa shape index (κ3) is 4.52. The number of likely N-dealkylation sites (tertiary alicyclic amines) is 1. The molecule has 4 nitrogen and oxygen atoms in total. The number of ether oxygens (including phenoxy) is 1. The van der Waals surface area contributed by atoms with Crippen LogP contribution in [-0.2, 0) is 17.3 Å². The van der Waals surface area contributed by atoms with Gasteiger partial charge in [-0.3, -0.25) is 4.79 Å². The lowest BCUT2D eigenvalue weighted by atomic mass is 9.97. The summed E-state index contributed by atoms with van der Waals surface area (Å²) in [6.07, 6.45) is -3.04. The van der Waals surface area contributed by atoms with E-state index in [1.807, 2.05) is 6.07 Å². The third-order valence-corrected chi connectivity index (χ3v) is 4.88. The molecule has 0 spiro atoms. The van der Waals surface area contributed by atoms with Crippen LogP contribution in [0.25, 0.3) is 0 Å². The number of amides is 1. The summed E-state index contributed by atoms with van der Waals surface area (Å²) in [6, 6.07) is 11.6. The average molecular weight is 391 g/mol. The summed E-state index contributed by atoms with van der Waals surface area (Å²) in [4.78, 5) is 25.8. The zero-order valence-corrected chi connectivity index (χ0v) is 15.3. The molecule has 0 radical (unpaired) electrons. The molecule has 1 unspecified atom stereocenters. The molecule has 0 saturated carbocycles. The molecule has 1 heterocycles. The molecular formula is C21H20F3NO3. The molecule has 3 rings (SSSR count). The van der Waals surface area contributed by atoms with E-state index in [9.17, 15) is 22.8 Å². The summed E-state index contributed by atoms with van der Waals surface area (Å²) < 4.78 is 43.3. The second kappa shape index (κ2) is 8.04. The van der Waals surface area contributed by atoms with Gasteiger partial charge in [0, 0.05) is 18.7 Å². The quantitative estimate of drug-likeness (QED) is 0.734. The SMILES string of the molecule is COC(=O)c1cccc(CC2CCN(C(=O)c3cccc(C(F)(F)F)c3)C2)c1. The van der Waals surface area contributed by atoms with Crippen LogP contribution in [0.3, 0.4) is 0 Å². The molecule has 2 aromatic carbocycles. The molecule has 2 aromatic rings. The average Bonchev–Trinajstić information content (AvgIpc) is 3.14. The van der Waals surface area contributed by atoms with Crippen LogP contribution in [0.4, 0.5) is 13.2 Å². The van der Waals surface area contributed by atoms with Gasteiger partial charge in [-0.05, 0) is 54.7 Å². The molecule has 0 aliphatic carbocycles. The Kier molecular flexibility index (Phi) is 5.72. The fourth-order valence-corrected chi connectivity index (χ4v) is 3.47. The minimum atomic E-state index is -4.48. The van der Waals surface area contributed by atoms with E-state index >= 15 is 0 Å². The van der Waals surface area contributed by atoms with E-state index in [4.69, 9.17) is 4.74 Å². The third-order valence-electron chi connectivity index (χ3n) is 4.88. The van der Waals surface area contributed by atoms with Gasteiger partial charge in [0.2, 0.25) is 0 Å². The highest BCUT2D eigenvalue weighted by molar-refractivity contribution is 5.94.